The summed E-state index contributed by atoms with van der Waals surface area (Å²) in [5.74, 6) is 1.08. The summed E-state index contributed by atoms with van der Waals surface area (Å²) >= 11 is 0. The summed E-state index contributed by atoms with van der Waals surface area (Å²) in [6.45, 7) is 8.84. The van der Waals surface area contributed by atoms with Crippen LogP contribution in [0.4, 0.5) is 0 Å². The Kier molecular flexibility index (Phi) is 3.50. The molecule has 1 saturated heterocycles. The fraction of sp³-hybridized carbons (Fsp3) is 0.625. The molecule has 1 aromatic rings. The van der Waals surface area contributed by atoms with E-state index >= 15 is 0 Å². The second-order valence-electron chi connectivity index (χ2n) is 6.33. The van der Waals surface area contributed by atoms with Gasteiger partial charge in [0.1, 0.15) is 5.75 Å². The molecule has 1 aromatic carbocycles. The van der Waals surface area contributed by atoms with E-state index < -0.39 is 0 Å². The molecule has 2 aliphatic rings. The minimum Gasteiger partial charge on any atom is -0.493 e. The van der Waals surface area contributed by atoms with Crippen LogP contribution in [-0.2, 0) is 0 Å². The van der Waals surface area contributed by atoms with E-state index in [9.17, 15) is 0 Å². The van der Waals surface area contributed by atoms with E-state index in [1.807, 2.05) is 0 Å². The van der Waals surface area contributed by atoms with Crippen LogP contribution < -0.4 is 10.1 Å². The number of benzene rings is 1. The van der Waals surface area contributed by atoms with Gasteiger partial charge >= 0.3 is 0 Å². The van der Waals surface area contributed by atoms with E-state index in [0.29, 0.717) is 6.04 Å². The molecule has 1 fully saturated rings. The molecule has 0 saturated carbocycles. The molecule has 3 rings (SSSR count). The van der Waals surface area contributed by atoms with E-state index in [4.69, 9.17) is 4.74 Å². The first-order valence-electron chi connectivity index (χ1n) is 7.36. The third-order valence-electron chi connectivity index (χ3n) is 4.19. The Morgan fingerprint density at radius 3 is 3.05 bits per heavy atom. The molecule has 1 N–H and O–H groups in total. The maximum atomic E-state index is 5.79. The number of hydrogen-bond acceptors (Lipinski definition) is 3. The molecular formula is C16H24N2O. The summed E-state index contributed by atoms with van der Waals surface area (Å²) in [7, 11) is 0. The highest BCUT2D eigenvalue weighted by Crippen LogP contribution is 2.36. The van der Waals surface area contributed by atoms with Crippen molar-refractivity contribution in [1.29, 1.82) is 0 Å². The molecule has 2 heterocycles. The van der Waals surface area contributed by atoms with Gasteiger partial charge in [0.25, 0.3) is 0 Å². The summed E-state index contributed by atoms with van der Waals surface area (Å²) in [5, 5.41) is 3.64. The van der Waals surface area contributed by atoms with Crippen LogP contribution in [0.25, 0.3) is 0 Å². The lowest BCUT2D eigenvalue weighted by Crippen LogP contribution is -2.47. The van der Waals surface area contributed by atoms with Gasteiger partial charge in [0.05, 0.1) is 6.61 Å². The highest BCUT2D eigenvalue weighted by atomic mass is 16.5. The summed E-state index contributed by atoms with van der Waals surface area (Å²) in [5.41, 5.74) is 1.57. The lowest BCUT2D eigenvalue weighted by Gasteiger charge is -2.38. The van der Waals surface area contributed by atoms with Gasteiger partial charge in [0, 0.05) is 36.7 Å². The van der Waals surface area contributed by atoms with Crippen molar-refractivity contribution in [3.8, 4) is 5.75 Å². The second-order valence-corrected chi connectivity index (χ2v) is 6.33. The Morgan fingerprint density at radius 1 is 1.32 bits per heavy atom. The van der Waals surface area contributed by atoms with Crippen molar-refractivity contribution >= 4 is 0 Å². The number of para-hydroxylation sites is 1. The molecule has 0 spiro atoms. The summed E-state index contributed by atoms with van der Waals surface area (Å²) in [6.07, 6.45) is 2.33. The third kappa shape index (κ3) is 2.77. The van der Waals surface area contributed by atoms with Crippen LogP contribution in [-0.4, -0.2) is 36.7 Å². The van der Waals surface area contributed by atoms with Gasteiger partial charge in [0.15, 0.2) is 0 Å². The third-order valence-corrected chi connectivity index (χ3v) is 4.19. The van der Waals surface area contributed by atoms with Gasteiger partial charge in [-0.1, -0.05) is 18.2 Å². The highest BCUT2D eigenvalue weighted by molar-refractivity contribution is 5.37. The lowest BCUT2D eigenvalue weighted by atomic mass is 9.96. The second kappa shape index (κ2) is 5.14. The van der Waals surface area contributed by atoms with Gasteiger partial charge in [-0.25, -0.2) is 0 Å². The molecule has 19 heavy (non-hydrogen) atoms. The predicted molar refractivity (Wildman–Crippen MR) is 77.6 cm³/mol. The summed E-state index contributed by atoms with van der Waals surface area (Å²) in [6, 6.07) is 9.04. The van der Waals surface area contributed by atoms with Crippen molar-refractivity contribution < 1.29 is 4.74 Å². The number of fused-ring (bicyclic) bond motifs is 1. The topological polar surface area (TPSA) is 24.5 Å². The minimum absolute atomic E-state index is 0.198. The molecule has 0 radical (unpaired) electrons. The lowest BCUT2D eigenvalue weighted by molar-refractivity contribution is 0.124. The van der Waals surface area contributed by atoms with Crippen LogP contribution in [0.3, 0.4) is 0 Å². The quantitative estimate of drug-likeness (QED) is 0.840. The monoisotopic (exact) mass is 260 g/mol. The average Bonchev–Trinajstić information content (AvgIpc) is 2.59. The van der Waals surface area contributed by atoms with E-state index in [2.05, 4.69) is 48.3 Å². The Bertz CT molecular complexity index is 444. The van der Waals surface area contributed by atoms with Crippen LogP contribution >= 0.6 is 0 Å². The Labute approximate surface area is 115 Å². The molecule has 0 aromatic heterocycles. The van der Waals surface area contributed by atoms with E-state index in [0.717, 1.165) is 31.9 Å². The van der Waals surface area contributed by atoms with Crippen molar-refractivity contribution in [3.63, 3.8) is 0 Å². The van der Waals surface area contributed by atoms with Gasteiger partial charge in [0.2, 0.25) is 0 Å². The van der Waals surface area contributed by atoms with Gasteiger partial charge in [-0.3, -0.25) is 4.90 Å². The van der Waals surface area contributed by atoms with Crippen molar-refractivity contribution in [2.75, 3.05) is 26.2 Å². The zero-order valence-electron chi connectivity index (χ0n) is 12.0. The van der Waals surface area contributed by atoms with Crippen molar-refractivity contribution in [2.45, 2.75) is 38.3 Å². The maximum Gasteiger partial charge on any atom is 0.124 e. The smallest absolute Gasteiger partial charge is 0.124 e. The largest absolute Gasteiger partial charge is 0.493 e. The van der Waals surface area contributed by atoms with Crippen LogP contribution in [0.15, 0.2) is 24.3 Å². The minimum atomic E-state index is 0.198. The first-order valence-corrected chi connectivity index (χ1v) is 7.36. The highest BCUT2D eigenvalue weighted by Gasteiger charge is 2.32. The van der Waals surface area contributed by atoms with E-state index in [-0.39, 0.29) is 5.54 Å². The normalized spacial score (nSPS) is 27.2. The first-order chi connectivity index (χ1) is 9.16. The Morgan fingerprint density at radius 2 is 2.16 bits per heavy atom. The molecule has 2 aliphatic heterocycles. The zero-order valence-corrected chi connectivity index (χ0v) is 12.0. The molecule has 3 nitrogen and oxygen atoms in total. The number of rotatable bonds is 1. The molecule has 1 unspecified atom stereocenters. The zero-order chi connectivity index (χ0) is 13.3. The van der Waals surface area contributed by atoms with Gasteiger partial charge < -0.3 is 10.1 Å². The standard InChI is InChI=1S/C16H24N2O/c1-16(2)12-18(10-5-9-17-16)14-8-11-19-15-7-4-3-6-13(14)15/h3-4,6-7,14,17H,5,8-12H2,1-2H3. The van der Waals surface area contributed by atoms with Crippen LogP contribution in [0.1, 0.15) is 38.3 Å². The van der Waals surface area contributed by atoms with E-state index in [1.54, 1.807) is 0 Å². The fourth-order valence-electron chi connectivity index (χ4n) is 3.32. The summed E-state index contributed by atoms with van der Waals surface area (Å²) < 4.78 is 5.79. The van der Waals surface area contributed by atoms with Gasteiger partial charge in [-0.2, -0.15) is 0 Å². The molecule has 3 heteroatoms. The number of ether oxygens (including phenoxy) is 1. The van der Waals surface area contributed by atoms with Crippen LogP contribution in [0.5, 0.6) is 5.75 Å². The molecular weight excluding hydrogens is 236 g/mol. The number of nitrogens with zero attached hydrogens (tertiary/aromatic N) is 1. The fourth-order valence-corrected chi connectivity index (χ4v) is 3.32. The predicted octanol–water partition coefficient (Wildman–Crippen LogP) is 2.58. The van der Waals surface area contributed by atoms with E-state index in [1.165, 1.54) is 18.5 Å². The molecule has 1 atom stereocenters. The summed E-state index contributed by atoms with van der Waals surface area (Å²) in [4.78, 5) is 2.64. The first kappa shape index (κ1) is 12.9. The average molecular weight is 260 g/mol. The maximum absolute atomic E-state index is 5.79. The van der Waals surface area contributed by atoms with Crippen LogP contribution in [0, 0.1) is 0 Å². The Balaban J connectivity index is 1.86. The number of hydrogen-bond donors (Lipinski definition) is 1. The molecule has 0 aliphatic carbocycles. The van der Waals surface area contributed by atoms with Crippen molar-refractivity contribution in [3.05, 3.63) is 29.8 Å². The van der Waals surface area contributed by atoms with Crippen molar-refractivity contribution in [1.82, 2.24) is 10.2 Å². The number of nitrogens with one attached hydrogen (secondary N) is 1. The van der Waals surface area contributed by atoms with Gasteiger partial charge in [-0.15, -0.1) is 0 Å². The van der Waals surface area contributed by atoms with Crippen LogP contribution in [0.2, 0.25) is 0 Å². The SMILES string of the molecule is CC1(C)CN(C2CCOc3ccccc32)CCCN1. The van der Waals surface area contributed by atoms with Crippen molar-refractivity contribution in [2.24, 2.45) is 0 Å². The molecule has 0 amide bonds. The van der Waals surface area contributed by atoms with Gasteiger partial charge in [-0.05, 0) is 32.9 Å². The molecule has 104 valence electrons. The Hall–Kier alpha value is -1.06. The molecule has 0 bridgehead atoms.